The van der Waals surface area contributed by atoms with Crippen molar-refractivity contribution in [3.8, 4) is 0 Å². The fourth-order valence-electron chi connectivity index (χ4n) is 4.62. The molecule has 1 amide bonds. The van der Waals surface area contributed by atoms with Gasteiger partial charge in [0, 0.05) is 25.5 Å². The van der Waals surface area contributed by atoms with Gasteiger partial charge in [0.25, 0.3) is 0 Å². The van der Waals surface area contributed by atoms with E-state index in [1.807, 2.05) is 38.1 Å². The Kier molecular flexibility index (Phi) is 7.06. The van der Waals surface area contributed by atoms with Crippen LogP contribution >= 0.6 is 11.3 Å². The maximum absolute atomic E-state index is 14.0. The largest absolute Gasteiger partial charge is 0.283 e. The summed E-state index contributed by atoms with van der Waals surface area (Å²) in [6, 6.07) is 12.6. The van der Waals surface area contributed by atoms with Gasteiger partial charge in [0.2, 0.25) is 15.9 Å². The van der Waals surface area contributed by atoms with Crippen LogP contribution in [0.2, 0.25) is 0 Å². The van der Waals surface area contributed by atoms with E-state index in [2.05, 4.69) is 4.98 Å². The number of thiazole rings is 1. The van der Waals surface area contributed by atoms with Crippen LogP contribution in [0.15, 0.2) is 65.8 Å². The highest BCUT2D eigenvalue weighted by Crippen LogP contribution is 2.35. The smallest absolute Gasteiger partial charge is 0.243 e. The molecule has 3 heterocycles. The van der Waals surface area contributed by atoms with Gasteiger partial charge in [-0.1, -0.05) is 29.5 Å². The minimum Gasteiger partial charge on any atom is -0.283 e. The molecule has 5 rings (SSSR count). The second-order valence-electron chi connectivity index (χ2n) is 9.32. The van der Waals surface area contributed by atoms with Crippen LogP contribution in [-0.2, 0) is 21.4 Å². The number of pyridine rings is 1. The summed E-state index contributed by atoms with van der Waals surface area (Å²) in [5.41, 5.74) is 3.85. The molecule has 0 radical (unpaired) electrons. The molecule has 7 nitrogen and oxygen atoms in total. The van der Waals surface area contributed by atoms with Crippen molar-refractivity contribution in [3.05, 3.63) is 83.4 Å². The molecule has 10 heteroatoms. The number of anilines is 1. The van der Waals surface area contributed by atoms with Crippen LogP contribution in [0.1, 0.15) is 29.5 Å². The number of halogens is 1. The first-order valence-corrected chi connectivity index (χ1v) is 14.3. The molecule has 192 valence electrons. The molecule has 4 aromatic rings. The third-order valence-corrected chi connectivity index (χ3v) is 9.77. The van der Waals surface area contributed by atoms with Crippen LogP contribution < -0.4 is 4.90 Å². The Hall–Kier alpha value is -3.21. The van der Waals surface area contributed by atoms with E-state index in [4.69, 9.17) is 4.98 Å². The molecule has 2 aromatic heterocycles. The van der Waals surface area contributed by atoms with E-state index in [0.29, 0.717) is 24.5 Å². The van der Waals surface area contributed by atoms with Gasteiger partial charge in [-0.05, 0) is 73.7 Å². The van der Waals surface area contributed by atoms with E-state index in [1.165, 1.54) is 27.8 Å². The first kappa shape index (κ1) is 25.4. The number of piperidine rings is 1. The zero-order chi connectivity index (χ0) is 26.2. The van der Waals surface area contributed by atoms with Crippen LogP contribution in [0, 0.1) is 25.6 Å². The Balaban J connectivity index is 1.47. The summed E-state index contributed by atoms with van der Waals surface area (Å²) in [7, 11) is -3.85. The van der Waals surface area contributed by atoms with Gasteiger partial charge in [0.1, 0.15) is 5.82 Å². The van der Waals surface area contributed by atoms with E-state index in [9.17, 15) is 17.6 Å². The molecule has 1 fully saturated rings. The fraction of sp³-hybridized carbons (Fsp3) is 0.296. The van der Waals surface area contributed by atoms with Crippen molar-refractivity contribution < 1.29 is 17.6 Å². The quantitative estimate of drug-likeness (QED) is 0.342. The number of carbonyl (C=O) groups is 1. The van der Waals surface area contributed by atoms with Gasteiger partial charge in [-0.15, -0.1) is 0 Å². The van der Waals surface area contributed by atoms with E-state index in [-0.39, 0.29) is 23.9 Å². The molecule has 0 N–H and O–H groups in total. The number of benzene rings is 2. The topological polar surface area (TPSA) is 83.5 Å². The molecule has 1 aliphatic rings. The molecule has 0 saturated carbocycles. The normalized spacial score (nSPS) is 16.7. The summed E-state index contributed by atoms with van der Waals surface area (Å²) in [6.07, 6.45) is 4.52. The van der Waals surface area contributed by atoms with Crippen molar-refractivity contribution >= 4 is 42.6 Å². The summed E-state index contributed by atoms with van der Waals surface area (Å²) in [5.74, 6) is -1.20. The first-order chi connectivity index (χ1) is 17.7. The van der Waals surface area contributed by atoms with Gasteiger partial charge in [0.15, 0.2) is 5.13 Å². The third-order valence-electron chi connectivity index (χ3n) is 6.68. The van der Waals surface area contributed by atoms with Gasteiger partial charge in [-0.3, -0.25) is 14.7 Å². The lowest BCUT2D eigenvalue weighted by Gasteiger charge is -2.33. The molecule has 0 bridgehead atoms. The van der Waals surface area contributed by atoms with Crippen molar-refractivity contribution in [2.75, 3.05) is 18.0 Å². The Morgan fingerprint density at radius 2 is 1.89 bits per heavy atom. The molecule has 1 unspecified atom stereocenters. The summed E-state index contributed by atoms with van der Waals surface area (Å²) in [6.45, 7) is 4.68. The van der Waals surface area contributed by atoms with E-state index in [0.717, 1.165) is 39.0 Å². The number of amides is 1. The van der Waals surface area contributed by atoms with Crippen LogP contribution in [0.3, 0.4) is 0 Å². The highest BCUT2D eigenvalue weighted by Gasteiger charge is 2.36. The minimum atomic E-state index is -3.85. The Morgan fingerprint density at radius 3 is 2.59 bits per heavy atom. The van der Waals surface area contributed by atoms with Crippen molar-refractivity contribution in [1.82, 2.24) is 14.3 Å². The number of hydrogen-bond acceptors (Lipinski definition) is 6. The lowest BCUT2D eigenvalue weighted by molar-refractivity contribution is -0.123. The molecule has 1 saturated heterocycles. The maximum Gasteiger partial charge on any atom is 0.243 e. The number of fused-ring (bicyclic) bond motifs is 1. The molecule has 37 heavy (non-hydrogen) atoms. The summed E-state index contributed by atoms with van der Waals surface area (Å²) >= 11 is 1.47. The lowest BCUT2D eigenvalue weighted by atomic mass is 9.98. The zero-order valence-corrected chi connectivity index (χ0v) is 22.2. The minimum absolute atomic E-state index is 0.0198. The van der Waals surface area contributed by atoms with Crippen molar-refractivity contribution in [1.29, 1.82) is 0 Å². The number of aromatic nitrogens is 2. The summed E-state index contributed by atoms with van der Waals surface area (Å²) < 4.78 is 42.2. The van der Waals surface area contributed by atoms with Crippen LogP contribution in [-0.4, -0.2) is 41.7 Å². The number of rotatable bonds is 6. The van der Waals surface area contributed by atoms with Crippen LogP contribution in [0.25, 0.3) is 10.2 Å². The second-order valence-corrected chi connectivity index (χ2v) is 12.2. The standard InChI is InChI=1S/C27H27FN4O3S2/c1-18-7-8-19(2)25-24(18)30-27(36-25)32(16-20-5-3-13-29-15-20)26(33)21-6-4-14-31(17-21)37(34,35)23-11-9-22(28)10-12-23/h3,5,7-13,15,21H,4,6,14,16-17H2,1-2H3. The Morgan fingerprint density at radius 1 is 1.14 bits per heavy atom. The van der Waals surface area contributed by atoms with E-state index < -0.39 is 21.8 Å². The Bertz CT molecular complexity index is 1500. The van der Waals surface area contributed by atoms with Gasteiger partial charge in [-0.25, -0.2) is 17.8 Å². The van der Waals surface area contributed by atoms with Crippen LogP contribution in [0.5, 0.6) is 0 Å². The van der Waals surface area contributed by atoms with Gasteiger partial charge < -0.3 is 0 Å². The SMILES string of the molecule is Cc1ccc(C)c2sc(N(Cc3cccnc3)C(=O)C3CCCN(S(=O)(=O)c4ccc(F)cc4)C3)nc12. The van der Waals surface area contributed by atoms with Crippen molar-refractivity contribution in [2.24, 2.45) is 5.92 Å². The van der Waals surface area contributed by atoms with Gasteiger partial charge in [-0.2, -0.15) is 4.31 Å². The predicted octanol–water partition coefficient (Wildman–Crippen LogP) is 5.08. The Labute approximate surface area is 219 Å². The summed E-state index contributed by atoms with van der Waals surface area (Å²) in [5, 5.41) is 0.583. The van der Waals surface area contributed by atoms with Crippen LogP contribution in [0.4, 0.5) is 9.52 Å². The number of nitrogens with zero attached hydrogens (tertiary/aromatic N) is 4. The van der Waals surface area contributed by atoms with Crippen molar-refractivity contribution in [2.45, 2.75) is 38.1 Å². The highest BCUT2D eigenvalue weighted by atomic mass is 32.2. The first-order valence-electron chi connectivity index (χ1n) is 12.1. The molecular formula is C27H27FN4O3S2. The molecule has 0 spiro atoms. The van der Waals surface area contributed by atoms with E-state index in [1.54, 1.807) is 17.3 Å². The zero-order valence-electron chi connectivity index (χ0n) is 20.6. The van der Waals surface area contributed by atoms with E-state index >= 15 is 0 Å². The molecule has 1 atom stereocenters. The number of hydrogen-bond donors (Lipinski definition) is 0. The monoisotopic (exact) mass is 538 g/mol. The highest BCUT2D eigenvalue weighted by molar-refractivity contribution is 7.89. The number of sulfonamides is 1. The average molecular weight is 539 g/mol. The van der Waals surface area contributed by atoms with Gasteiger partial charge in [0.05, 0.1) is 27.6 Å². The van der Waals surface area contributed by atoms with Crippen molar-refractivity contribution in [3.63, 3.8) is 0 Å². The molecular weight excluding hydrogens is 511 g/mol. The predicted molar refractivity (Wildman–Crippen MR) is 142 cm³/mol. The molecule has 1 aliphatic heterocycles. The number of carbonyl (C=O) groups excluding carboxylic acids is 1. The van der Waals surface area contributed by atoms with Gasteiger partial charge >= 0.3 is 0 Å². The average Bonchev–Trinajstić information content (AvgIpc) is 3.37. The lowest BCUT2D eigenvalue weighted by Crippen LogP contribution is -2.46. The third kappa shape index (κ3) is 5.14. The second kappa shape index (κ2) is 10.3. The molecule has 2 aromatic carbocycles. The molecule has 0 aliphatic carbocycles. The fourth-order valence-corrected chi connectivity index (χ4v) is 7.26. The number of aryl methyl sites for hydroxylation is 2. The summed E-state index contributed by atoms with van der Waals surface area (Å²) in [4.78, 5) is 24.7. The maximum atomic E-state index is 14.0.